The maximum atomic E-state index is 12.5. The van der Waals surface area contributed by atoms with Crippen LogP contribution in [0.15, 0.2) is 78.6 Å². The molecule has 1 amide bonds. The average Bonchev–Trinajstić information content (AvgIpc) is 2.95. The highest BCUT2D eigenvalue weighted by molar-refractivity contribution is 5.99. The first-order chi connectivity index (χ1) is 18.9. The number of rotatable bonds is 13. The molecule has 7 nitrogen and oxygen atoms in total. The van der Waals surface area contributed by atoms with Crippen molar-refractivity contribution >= 4 is 29.5 Å². The van der Waals surface area contributed by atoms with E-state index >= 15 is 0 Å². The molecule has 2 aromatic carbocycles. The number of hydrogen-bond donors (Lipinski definition) is 3. The molecule has 0 spiro atoms. The molecule has 0 unspecified atom stereocenters. The van der Waals surface area contributed by atoms with Crippen LogP contribution in [0.4, 0.5) is 10.1 Å². The van der Waals surface area contributed by atoms with Gasteiger partial charge < -0.3 is 15.3 Å². The summed E-state index contributed by atoms with van der Waals surface area (Å²) >= 11 is 0. The number of carbonyl (C=O) groups excluding carboxylic acids is 1. The van der Waals surface area contributed by atoms with Crippen LogP contribution in [0.1, 0.15) is 73.5 Å². The highest BCUT2D eigenvalue weighted by Gasteiger charge is 2.11. The fourth-order valence-electron chi connectivity index (χ4n) is 3.18. The summed E-state index contributed by atoms with van der Waals surface area (Å²) < 4.78 is 10.5. The van der Waals surface area contributed by atoms with Crippen molar-refractivity contribution in [1.29, 1.82) is 0 Å². The van der Waals surface area contributed by atoms with E-state index in [1.807, 2.05) is 63.2 Å². The van der Waals surface area contributed by atoms with Crippen LogP contribution in [0.2, 0.25) is 0 Å². The van der Waals surface area contributed by atoms with Crippen LogP contribution in [0.3, 0.4) is 0 Å². The molecule has 0 aliphatic heterocycles. The van der Waals surface area contributed by atoms with Gasteiger partial charge in [-0.2, -0.15) is 5.90 Å². The zero-order valence-electron chi connectivity index (χ0n) is 23.5. The number of aliphatic carboxylic acids is 1. The summed E-state index contributed by atoms with van der Waals surface area (Å²) in [7, 11) is 0. The van der Waals surface area contributed by atoms with Crippen LogP contribution >= 0.6 is 0 Å². The first kappa shape index (κ1) is 35.0. The Labute approximate surface area is 232 Å². The van der Waals surface area contributed by atoms with Gasteiger partial charge in [-0.05, 0) is 69.4 Å². The highest BCUT2D eigenvalue weighted by atomic mass is 19.1. The molecular weight excluding hydrogens is 497 g/mol. The van der Waals surface area contributed by atoms with Gasteiger partial charge in [-0.15, -0.1) is 6.58 Å². The summed E-state index contributed by atoms with van der Waals surface area (Å²) in [6, 6.07) is 13.3. The van der Waals surface area contributed by atoms with Gasteiger partial charge in [-0.1, -0.05) is 55.8 Å². The predicted octanol–water partition coefficient (Wildman–Crippen LogP) is 7.25. The Morgan fingerprint density at radius 1 is 1.18 bits per heavy atom. The standard InChI is InChI=1S/C26H31N3O4.C3H5F.C2H6/c1-3-15-29-26(32)22-13-11-20(18-23(22)28-16-6-4-5-10-25(30)31)12-14-24(33-27)21-9-7-8-19(2)17-21;1-2-3-4;1-2/h3,7-9,11,13-14,16-18H,1,4-6,10,12,15,27H2,2H3,(H,29,32)(H,30,31);2-3H,1H3;1-2H3/b24-14-,28-16?;3-2+;. The Bertz CT molecular complexity index is 1110. The molecule has 0 bridgehead atoms. The number of aryl methyl sites for hydroxylation is 1. The fraction of sp³-hybridized carbons (Fsp3) is 0.323. The van der Waals surface area contributed by atoms with Crippen molar-refractivity contribution in [2.24, 2.45) is 10.9 Å². The topological polar surface area (TPSA) is 114 Å². The van der Waals surface area contributed by atoms with E-state index in [-0.39, 0.29) is 12.3 Å². The first-order valence-electron chi connectivity index (χ1n) is 13.0. The fourth-order valence-corrected chi connectivity index (χ4v) is 3.18. The lowest BCUT2D eigenvalue weighted by molar-refractivity contribution is -0.137. The molecule has 0 radical (unpaired) electrons. The SMILES string of the molecule is C/C=C/F.C=CCNC(=O)c1ccc(C/C=C(\ON)c2cccc(C)c2)cc1N=CCCCCC(=O)O.CC. The molecule has 39 heavy (non-hydrogen) atoms. The number of nitrogens with one attached hydrogen (secondary N) is 1. The van der Waals surface area contributed by atoms with Gasteiger partial charge in [0.25, 0.3) is 5.91 Å². The van der Waals surface area contributed by atoms with Crippen LogP contribution in [0.25, 0.3) is 5.76 Å². The Morgan fingerprint density at radius 3 is 2.49 bits per heavy atom. The Balaban J connectivity index is 0.00000220. The highest BCUT2D eigenvalue weighted by Crippen LogP contribution is 2.23. The number of unbranched alkanes of at least 4 members (excludes halogenated alkanes) is 2. The van der Waals surface area contributed by atoms with Crippen molar-refractivity contribution in [2.45, 2.75) is 59.8 Å². The molecule has 212 valence electrons. The number of carboxylic acids is 1. The number of halogens is 1. The summed E-state index contributed by atoms with van der Waals surface area (Å²) in [5.41, 5.74) is 3.94. The van der Waals surface area contributed by atoms with Gasteiger partial charge in [0.15, 0.2) is 0 Å². The summed E-state index contributed by atoms with van der Waals surface area (Å²) in [5.74, 6) is 5.02. The number of nitrogens with two attached hydrogens (primary N) is 1. The van der Waals surface area contributed by atoms with Gasteiger partial charge >= 0.3 is 5.97 Å². The third-order valence-corrected chi connectivity index (χ3v) is 5.00. The number of carboxylic acid groups (broad SMARTS) is 1. The zero-order valence-corrected chi connectivity index (χ0v) is 23.5. The molecule has 0 heterocycles. The van der Waals surface area contributed by atoms with E-state index in [9.17, 15) is 14.0 Å². The van der Waals surface area contributed by atoms with E-state index in [1.54, 1.807) is 25.3 Å². The lowest BCUT2D eigenvalue weighted by Crippen LogP contribution is -2.23. The Hall–Kier alpha value is -4.04. The number of benzene rings is 2. The Kier molecular flexibility index (Phi) is 19.7. The van der Waals surface area contributed by atoms with E-state index in [4.69, 9.17) is 15.8 Å². The van der Waals surface area contributed by atoms with Gasteiger partial charge in [0.2, 0.25) is 0 Å². The van der Waals surface area contributed by atoms with Crippen LogP contribution in [0, 0.1) is 6.92 Å². The van der Waals surface area contributed by atoms with Crippen LogP contribution in [-0.4, -0.2) is 29.7 Å². The number of aliphatic imine (C=N–C) groups is 1. The van der Waals surface area contributed by atoms with Crippen molar-refractivity contribution in [2.75, 3.05) is 6.54 Å². The first-order valence-corrected chi connectivity index (χ1v) is 13.0. The third-order valence-electron chi connectivity index (χ3n) is 5.00. The van der Waals surface area contributed by atoms with Gasteiger partial charge in [-0.3, -0.25) is 14.6 Å². The maximum absolute atomic E-state index is 12.5. The van der Waals surface area contributed by atoms with Crippen molar-refractivity contribution in [3.05, 3.63) is 95.9 Å². The molecule has 0 aromatic heterocycles. The van der Waals surface area contributed by atoms with Crippen molar-refractivity contribution in [1.82, 2.24) is 5.32 Å². The summed E-state index contributed by atoms with van der Waals surface area (Å²) in [6.07, 6.45) is 9.66. The number of nitrogens with zero attached hydrogens (tertiary/aromatic N) is 1. The zero-order chi connectivity index (χ0) is 29.5. The molecule has 8 heteroatoms. The molecule has 2 rings (SSSR count). The lowest BCUT2D eigenvalue weighted by atomic mass is 10.0. The summed E-state index contributed by atoms with van der Waals surface area (Å²) in [4.78, 5) is 32.7. The molecule has 0 atom stereocenters. The number of hydrogen-bond acceptors (Lipinski definition) is 5. The van der Waals surface area contributed by atoms with Gasteiger partial charge in [0, 0.05) is 24.7 Å². The Morgan fingerprint density at radius 2 is 1.90 bits per heavy atom. The van der Waals surface area contributed by atoms with E-state index in [2.05, 4.69) is 16.9 Å². The van der Waals surface area contributed by atoms with E-state index in [0.29, 0.717) is 55.6 Å². The van der Waals surface area contributed by atoms with Gasteiger partial charge in [0.1, 0.15) is 5.76 Å². The summed E-state index contributed by atoms with van der Waals surface area (Å²) in [5, 5.41) is 11.5. The molecule has 0 saturated heterocycles. The van der Waals surface area contributed by atoms with E-state index in [0.717, 1.165) is 16.7 Å². The molecule has 0 fully saturated rings. The third kappa shape index (κ3) is 15.1. The quantitative estimate of drug-likeness (QED) is 0.0816. The maximum Gasteiger partial charge on any atom is 0.303 e. The number of allylic oxidation sites excluding steroid dienone is 2. The van der Waals surface area contributed by atoms with Crippen molar-refractivity contribution in [3.8, 4) is 0 Å². The minimum atomic E-state index is -0.805. The lowest BCUT2D eigenvalue weighted by Gasteiger charge is -2.09. The minimum Gasteiger partial charge on any atom is -0.481 e. The molecule has 0 saturated carbocycles. The van der Waals surface area contributed by atoms with Gasteiger partial charge in [0.05, 0.1) is 17.6 Å². The normalized spacial score (nSPS) is 10.8. The minimum absolute atomic E-state index is 0.136. The van der Waals surface area contributed by atoms with Gasteiger partial charge in [-0.25, -0.2) is 4.39 Å². The molecule has 0 aliphatic rings. The smallest absolute Gasteiger partial charge is 0.303 e. The predicted molar refractivity (Wildman–Crippen MR) is 159 cm³/mol. The molecule has 2 aromatic rings. The second kappa shape index (κ2) is 22.0. The van der Waals surface area contributed by atoms with Crippen LogP contribution < -0.4 is 11.2 Å². The average molecular weight is 540 g/mol. The summed E-state index contributed by atoms with van der Waals surface area (Å²) in [6.45, 7) is 11.6. The van der Waals surface area contributed by atoms with Crippen LogP contribution in [-0.2, 0) is 16.1 Å². The molecular formula is C31H42FN3O4. The second-order valence-electron chi connectivity index (χ2n) is 8.02. The van der Waals surface area contributed by atoms with Crippen LogP contribution in [0.5, 0.6) is 0 Å². The number of amides is 1. The van der Waals surface area contributed by atoms with Crippen molar-refractivity contribution in [3.63, 3.8) is 0 Å². The van der Waals surface area contributed by atoms with E-state index in [1.165, 1.54) is 6.08 Å². The second-order valence-corrected chi connectivity index (χ2v) is 8.02. The monoisotopic (exact) mass is 539 g/mol. The van der Waals surface area contributed by atoms with E-state index < -0.39 is 5.97 Å². The largest absolute Gasteiger partial charge is 0.481 e. The van der Waals surface area contributed by atoms with Crippen molar-refractivity contribution < 1.29 is 23.9 Å². The molecule has 4 N–H and O–H groups in total. The number of carbonyl (C=O) groups is 2. The molecule has 0 aliphatic carbocycles.